The van der Waals surface area contributed by atoms with Crippen LogP contribution >= 0.6 is 0 Å². The molecule has 1 saturated heterocycles. The third kappa shape index (κ3) is 3.46. The number of hydrogen-bond acceptors (Lipinski definition) is 5. The van der Waals surface area contributed by atoms with Crippen LogP contribution in [0.2, 0.25) is 0 Å². The van der Waals surface area contributed by atoms with Crippen LogP contribution in [-0.4, -0.2) is 47.1 Å². The van der Waals surface area contributed by atoms with Gasteiger partial charge in [-0.1, -0.05) is 20.8 Å². The van der Waals surface area contributed by atoms with E-state index in [-0.39, 0.29) is 0 Å². The Bertz CT molecular complexity index is 478. The van der Waals surface area contributed by atoms with Gasteiger partial charge in [0.2, 0.25) is 0 Å². The highest BCUT2D eigenvalue weighted by Crippen LogP contribution is 2.25. The zero-order valence-corrected chi connectivity index (χ0v) is 14.1. The molecule has 0 aliphatic carbocycles. The van der Waals surface area contributed by atoms with Crippen molar-refractivity contribution in [2.45, 2.75) is 53.0 Å². The third-order valence-electron chi connectivity index (χ3n) is 4.52. The van der Waals surface area contributed by atoms with Crippen molar-refractivity contribution in [3.05, 3.63) is 11.4 Å². The molecule has 118 valence electrons. The third-order valence-corrected chi connectivity index (χ3v) is 4.52. The number of piperazine rings is 1. The van der Waals surface area contributed by atoms with Gasteiger partial charge < -0.3 is 10.6 Å². The van der Waals surface area contributed by atoms with Crippen molar-refractivity contribution in [3.8, 4) is 0 Å². The number of nitrogens with zero attached hydrogens (tertiary/aromatic N) is 4. The number of rotatable bonds is 4. The molecule has 1 aromatic rings. The van der Waals surface area contributed by atoms with Crippen LogP contribution in [0.5, 0.6) is 0 Å². The summed E-state index contributed by atoms with van der Waals surface area (Å²) in [7, 11) is 0. The molecule has 1 unspecified atom stereocenters. The second kappa shape index (κ2) is 6.60. The molecule has 5 heteroatoms. The smallest absolute Gasteiger partial charge is 0.137 e. The molecule has 0 bridgehead atoms. The molecule has 1 aliphatic heterocycles. The number of anilines is 2. The minimum absolute atomic E-state index is 0.299. The van der Waals surface area contributed by atoms with E-state index < -0.39 is 0 Å². The van der Waals surface area contributed by atoms with E-state index in [2.05, 4.69) is 42.5 Å². The molecule has 2 N–H and O–H groups in total. The number of aromatic nitrogens is 2. The Labute approximate surface area is 128 Å². The van der Waals surface area contributed by atoms with E-state index >= 15 is 0 Å². The van der Waals surface area contributed by atoms with Crippen molar-refractivity contribution >= 4 is 11.6 Å². The van der Waals surface area contributed by atoms with Crippen molar-refractivity contribution in [1.29, 1.82) is 0 Å². The first-order chi connectivity index (χ1) is 9.93. The molecule has 2 heterocycles. The summed E-state index contributed by atoms with van der Waals surface area (Å²) in [5.74, 6) is 2.79. The van der Waals surface area contributed by atoms with Gasteiger partial charge in [0, 0.05) is 43.7 Å². The maximum atomic E-state index is 6.07. The summed E-state index contributed by atoms with van der Waals surface area (Å²) in [6.07, 6.45) is 1.21. The van der Waals surface area contributed by atoms with Crippen molar-refractivity contribution in [2.24, 2.45) is 0 Å². The molecule has 21 heavy (non-hydrogen) atoms. The predicted octanol–water partition coefficient (Wildman–Crippen LogP) is 2.41. The fourth-order valence-corrected chi connectivity index (χ4v) is 2.74. The quantitative estimate of drug-likeness (QED) is 0.923. The van der Waals surface area contributed by atoms with Gasteiger partial charge in [-0.25, -0.2) is 9.97 Å². The molecule has 1 aliphatic rings. The Hall–Kier alpha value is -1.36. The first-order valence-electron chi connectivity index (χ1n) is 8.07. The first kappa shape index (κ1) is 16.0. The van der Waals surface area contributed by atoms with Crippen molar-refractivity contribution in [3.63, 3.8) is 0 Å². The van der Waals surface area contributed by atoms with Crippen LogP contribution in [0.25, 0.3) is 0 Å². The molecule has 1 fully saturated rings. The van der Waals surface area contributed by atoms with Crippen molar-refractivity contribution in [1.82, 2.24) is 14.9 Å². The van der Waals surface area contributed by atoms with E-state index in [1.165, 1.54) is 6.42 Å². The van der Waals surface area contributed by atoms with Gasteiger partial charge in [0.15, 0.2) is 0 Å². The lowest BCUT2D eigenvalue weighted by molar-refractivity contribution is 0.192. The number of nitrogens with two attached hydrogens (primary N) is 1. The molecule has 0 amide bonds. The number of hydrogen-bond donors (Lipinski definition) is 1. The maximum Gasteiger partial charge on any atom is 0.137 e. The fraction of sp³-hybridized carbons (Fsp3) is 0.750. The van der Waals surface area contributed by atoms with Crippen LogP contribution in [0.15, 0.2) is 0 Å². The zero-order valence-electron chi connectivity index (χ0n) is 14.1. The normalized spacial score (nSPS) is 18.3. The summed E-state index contributed by atoms with van der Waals surface area (Å²) < 4.78 is 0. The van der Waals surface area contributed by atoms with E-state index in [1.54, 1.807) is 0 Å². The minimum Gasteiger partial charge on any atom is -0.383 e. The molecule has 2 rings (SSSR count). The first-order valence-corrected chi connectivity index (χ1v) is 8.07. The molecule has 0 spiro atoms. The van der Waals surface area contributed by atoms with Gasteiger partial charge in [-0.3, -0.25) is 4.90 Å². The average Bonchev–Trinajstić information content (AvgIpc) is 2.49. The van der Waals surface area contributed by atoms with Crippen LogP contribution in [0, 0.1) is 6.92 Å². The second-order valence-electron chi connectivity index (χ2n) is 6.35. The predicted molar refractivity (Wildman–Crippen MR) is 88.8 cm³/mol. The van der Waals surface area contributed by atoms with Crippen LogP contribution in [-0.2, 0) is 0 Å². The summed E-state index contributed by atoms with van der Waals surface area (Å²) in [5, 5.41) is 0. The largest absolute Gasteiger partial charge is 0.383 e. The van der Waals surface area contributed by atoms with Gasteiger partial charge in [-0.05, 0) is 20.3 Å². The Balaban J connectivity index is 2.16. The maximum absolute atomic E-state index is 6.07. The van der Waals surface area contributed by atoms with Crippen LogP contribution < -0.4 is 10.6 Å². The van der Waals surface area contributed by atoms with E-state index in [0.29, 0.717) is 17.8 Å². The molecule has 0 saturated carbocycles. The highest BCUT2D eigenvalue weighted by atomic mass is 15.3. The summed E-state index contributed by atoms with van der Waals surface area (Å²) in [5.41, 5.74) is 7.09. The van der Waals surface area contributed by atoms with E-state index in [0.717, 1.165) is 43.4 Å². The van der Waals surface area contributed by atoms with E-state index in [9.17, 15) is 0 Å². The number of nitrogen functional groups attached to an aromatic ring is 1. The lowest BCUT2D eigenvalue weighted by atomic mass is 10.1. The second-order valence-corrected chi connectivity index (χ2v) is 6.35. The van der Waals surface area contributed by atoms with Crippen molar-refractivity contribution < 1.29 is 0 Å². The SMILES string of the molecule is CCC(C)N1CCN(c2nc(C(C)C)nc(N)c2C)CC1. The van der Waals surface area contributed by atoms with Gasteiger partial charge in [0.1, 0.15) is 17.5 Å². The molecular weight excluding hydrogens is 262 g/mol. The topological polar surface area (TPSA) is 58.3 Å². The summed E-state index contributed by atoms with van der Waals surface area (Å²) in [6, 6.07) is 0.662. The molecule has 0 aromatic carbocycles. The van der Waals surface area contributed by atoms with Crippen LogP contribution in [0.1, 0.15) is 51.4 Å². The Morgan fingerprint density at radius 2 is 1.71 bits per heavy atom. The van der Waals surface area contributed by atoms with Crippen molar-refractivity contribution in [2.75, 3.05) is 36.8 Å². The lowest BCUT2D eigenvalue weighted by Gasteiger charge is -2.39. The van der Waals surface area contributed by atoms with Gasteiger partial charge in [0.25, 0.3) is 0 Å². The fourth-order valence-electron chi connectivity index (χ4n) is 2.74. The van der Waals surface area contributed by atoms with E-state index in [4.69, 9.17) is 10.7 Å². The van der Waals surface area contributed by atoms with Gasteiger partial charge in [-0.2, -0.15) is 0 Å². The standard InChI is InChI=1S/C16H29N5/c1-6-12(4)20-7-9-21(10-8-20)16-13(5)14(17)18-15(19-16)11(2)3/h11-12H,6-10H2,1-5H3,(H2,17,18,19). The molecule has 0 radical (unpaired) electrons. The molecular formula is C16H29N5. The highest BCUT2D eigenvalue weighted by Gasteiger charge is 2.23. The summed E-state index contributed by atoms with van der Waals surface area (Å²) in [6.45, 7) is 15.0. The monoisotopic (exact) mass is 291 g/mol. The molecule has 1 aromatic heterocycles. The Morgan fingerprint density at radius 3 is 2.24 bits per heavy atom. The highest BCUT2D eigenvalue weighted by molar-refractivity contribution is 5.57. The van der Waals surface area contributed by atoms with Crippen LogP contribution in [0.4, 0.5) is 11.6 Å². The Morgan fingerprint density at radius 1 is 1.10 bits per heavy atom. The van der Waals surface area contributed by atoms with Crippen LogP contribution in [0.3, 0.4) is 0 Å². The lowest BCUT2D eigenvalue weighted by Crippen LogP contribution is -2.50. The zero-order chi connectivity index (χ0) is 15.6. The van der Waals surface area contributed by atoms with Gasteiger partial charge >= 0.3 is 0 Å². The Kier molecular flexibility index (Phi) is 5.04. The summed E-state index contributed by atoms with van der Waals surface area (Å²) in [4.78, 5) is 14.1. The summed E-state index contributed by atoms with van der Waals surface area (Å²) >= 11 is 0. The minimum atomic E-state index is 0.299. The molecule has 1 atom stereocenters. The molecule has 5 nitrogen and oxygen atoms in total. The van der Waals surface area contributed by atoms with E-state index in [1.807, 2.05) is 6.92 Å². The van der Waals surface area contributed by atoms with Gasteiger partial charge in [-0.15, -0.1) is 0 Å². The van der Waals surface area contributed by atoms with Gasteiger partial charge in [0.05, 0.1) is 0 Å². The average molecular weight is 291 g/mol.